The highest BCUT2D eigenvalue weighted by molar-refractivity contribution is 7.09. The van der Waals surface area contributed by atoms with Crippen LogP contribution in [0.2, 0.25) is 5.02 Å². The lowest BCUT2D eigenvalue weighted by Gasteiger charge is -2.01. The van der Waals surface area contributed by atoms with E-state index in [4.69, 9.17) is 11.6 Å². The largest absolute Gasteiger partial charge is 0.246 e. The van der Waals surface area contributed by atoms with E-state index >= 15 is 0 Å². The van der Waals surface area contributed by atoms with Crippen molar-refractivity contribution in [3.63, 3.8) is 0 Å². The van der Waals surface area contributed by atoms with E-state index in [0.717, 1.165) is 10.6 Å². The first-order valence-electron chi connectivity index (χ1n) is 5.60. The average Bonchev–Trinajstić information content (AvgIpc) is 3.04. The smallest absolute Gasteiger partial charge is 0.124 e. The van der Waals surface area contributed by atoms with E-state index in [1.165, 1.54) is 30.7 Å². The summed E-state index contributed by atoms with van der Waals surface area (Å²) in [4.78, 5) is 4.60. The van der Waals surface area contributed by atoms with Gasteiger partial charge < -0.3 is 0 Å². The van der Waals surface area contributed by atoms with Gasteiger partial charge in [-0.05, 0) is 30.5 Å². The van der Waals surface area contributed by atoms with Crippen LogP contribution in [-0.2, 0) is 6.42 Å². The second-order valence-corrected chi connectivity index (χ2v) is 5.70. The van der Waals surface area contributed by atoms with Crippen molar-refractivity contribution in [2.45, 2.75) is 25.2 Å². The second kappa shape index (κ2) is 4.39. The summed E-state index contributed by atoms with van der Waals surface area (Å²) >= 11 is 7.66. The lowest BCUT2D eigenvalue weighted by molar-refractivity contribution is 0.627. The molecule has 0 bridgehead atoms. The summed E-state index contributed by atoms with van der Waals surface area (Å²) in [5.41, 5.74) is 2.15. The monoisotopic (exact) mass is 267 g/mol. The van der Waals surface area contributed by atoms with Gasteiger partial charge in [0, 0.05) is 22.7 Å². The topological polar surface area (TPSA) is 12.9 Å². The molecule has 0 amide bonds. The van der Waals surface area contributed by atoms with Crippen LogP contribution in [0.25, 0.3) is 0 Å². The van der Waals surface area contributed by atoms with Crippen molar-refractivity contribution in [1.82, 2.24) is 4.98 Å². The van der Waals surface area contributed by atoms with Crippen LogP contribution in [0.5, 0.6) is 0 Å². The van der Waals surface area contributed by atoms with E-state index in [1.807, 2.05) is 0 Å². The first kappa shape index (κ1) is 11.2. The standard InChI is InChI=1S/C13H11ClFNS/c14-11-6-10(15)4-3-9(11)5-13-16-12(7-17-13)8-1-2-8/h3-4,6-8H,1-2,5H2. The van der Waals surface area contributed by atoms with Crippen molar-refractivity contribution in [3.8, 4) is 0 Å². The van der Waals surface area contributed by atoms with Gasteiger partial charge in [0.15, 0.2) is 0 Å². The zero-order valence-electron chi connectivity index (χ0n) is 9.12. The maximum absolute atomic E-state index is 12.9. The number of nitrogens with zero attached hydrogens (tertiary/aromatic N) is 1. The first-order chi connectivity index (χ1) is 8.22. The van der Waals surface area contributed by atoms with Crippen LogP contribution < -0.4 is 0 Å². The Morgan fingerprint density at radius 2 is 2.24 bits per heavy atom. The molecule has 4 heteroatoms. The van der Waals surface area contributed by atoms with E-state index in [9.17, 15) is 4.39 Å². The van der Waals surface area contributed by atoms with Gasteiger partial charge in [0.2, 0.25) is 0 Å². The predicted octanol–water partition coefficient (Wildman–Crippen LogP) is 4.40. The number of hydrogen-bond donors (Lipinski definition) is 0. The number of aromatic nitrogens is 1. The van der Waals surface area contributed by atoms with Crippen molar-refractivity contribution < 1.29 is 4.39 Å². The molecule has 3 rings (SSSR count). The molecule has 0 saturated heterocycles. The van der Waals surface area contributed by atoms with Gasteiger partial charge in [0.1, 0.15) is 5.82 Å². The molecule has 0 N–H and O–H groups in total. The van der Waals surface area contributed by atoms with Crippen molar-refractivity contribution in [3.05, 3.63) is 50.7 Å². The van der Waals surface area contributed by atoms with Crippen molar-refractivity contribution in [2.75, 3.05) is 0 Å². The average molecular weight is 268 g/mol. The zero-order chi connectivity index (χ0) is 11.8. The van der Waals surface area contributed by atoms with E-state index in [-0.39, 0.29) is 5.82 Å². The van der Waals surface area contributed by atoms with Crippen LogP contribution in [0.4, 0.5) is 4.39 Å². The summed E-state index contributed by atoms with van der Waals surface area (Å²) in [6, 6.07) is 4.53. The maximum atomic E-state index is 12.9. The molecule has 1 aliphatic carbocycles. The van der Waals surface area contributed by atoms with Gasteiger partial charge in [-0.25, -0.2) is 9.37 Å². The van der Waals surface area contributed by atoms with Crippen LogP contribution in [0.3, 0.4) is 0 Å². The minimum Gasteiger partial charge on any atom is -0.246 e. The molecule has 0 atom stereocenters. The van der Waals surface area contributed by atoms with Crippen LogP contribution in [-0.4, -0.2) is 4.98 Å². The molecule has 2 aromatic rings. The minimum atomic E-state index is -0.295. The fourth-order valence-electron chi connectivity index (χ4n) is 1.80. The van der Waals surface area contributed by atoms with Gasteiger partial charge in [0.25, 0.3) is 0 Å². The van der Waals surface area contributed by atoms with E-state index in [0.29, 0.717) is 17.4 Å². The number of benzene rings is 1. The molecule has 1 nitrogen and oxygen atoms in total. The fraction of sp³-hybridized carbons (Fsp3) is 0.308. The van der Waals surface area contributed by atoms with E-state index < -0.39 is 0 Å². The molecule has 1 aliphatic rings. The Kier molecular flexibility index (Phi) is 2.89. The second-order valence-electron chi connectivity index (χ2n) is 4.35. The van der Waals surface area contributed by atoms with E-state index in [2.05, 4.69) is 10.4 Å². The highest BCUT2D eigenvalue weighted by atomic mass is 35.5. The summed E-state index contributed by atoms with van der Waals surface area (Å²) in [7, 11) is 0. The molecule has 1 fully saturated rings. The quantitative estimate of drug-likeness (QED) is 0.803. The zero-order valence-corrected chi connectivity index (χ0v) is 10.7. The molecular formula is C13H11ClFNS. The predicted molar refractivity (Wildman–Crippen MR) is 68.3 cm³/mol. The van der Waals surface area contributed by atoms with Gasteiger partial charge in [-0.3, -0.25) is 0 Å². The van der Waals surface area contributed by atoms with Gasteiger partial charge in [-0.2, -0.15) is 0 Å². The van der Waals surface area contributed by atoms with Crippen LogP contribution in [0.15, 0.2) is 23.6 Å². The number of thiazole rings is 1. The Hall–Kier alpha value is -0.930. The molecule has 88 valence electrons. The first-order valence-corrected chi connectivity index (χ1v) is 6.86. The molecule has 0 aliphatic heterocycles. The Labute approximate surface area is 108 Å². The van der Waals surface area contributed by atoms with Crippen molar-refractivity contribution in [2.24, 2.45) is 0 Å². The highest BCUT2D eigenvalue weighted by Crippen LogP contribution is 2.40. The third-order valence-electron chi connectivity index (χ3n) is 2.92. The molecule has 1 aromatic carbocycles. The number of halogens is 2. The lowest BCUT2D eigenvalue weighted by atomic mass is 10.1. The lowest BCUT2D eigenvalue weighted by Crippen LogP contribution is -1.90. The third-order valence-corrected chi connectivity index (χ3v) is 4.14. The Bertz CT molecular complexity index is 548. The summed E-state index contributed by atoms with van der Waals surface area (Å²) < 4.78 is 12.9. The van der Waals surface area contributed by atoms with Gasteiger partial charge in [-0.15, -0.1) is 11.3 Å². The van der Waals surface area contributed by atoms with Gasteiger partial charge in [0.05, 0.1) is 10.7 Å². The van der Waals surface area contributed by atoms with Gasteiger partial charge in [-0.1, -0.05) is 17.7 Å². The third kappa shape index (κ3) is 2.50. The molecule has 1 heterocycles. The van der Waals surface area contributed by atoms with Crippen LogP contribution in [0, 0.1) is 5.82 Å². The highest BCUT2D eigenvalue weighted by Gasteiger charge is 2.26. The summed E-state index contributed by atoms with van der Waals surface area (Å²) in [6.07, 6.45) is 3.22. The summed E-state index contributed by atoms with van der Waals surface area (Å²) in [6.45, 7) is 0. The number of hydrogen-bond acceptors (Lipinski definition) is 2. The van der Waals surface area contributed by atoms with Gasteiger partial charge >= 0.3 is 0 Å². The fourth-order valence-corrected chi connectivity index (χ4v) is 2.93. The minimum absolute atomic E-state index is 0.295. The van der Waals surface area contributed by atoms with Crippen molar-refractivity contribution in [1.29, 1.82) is 0 Å². The Morgan fingerprint density at radius 1 is 1.41 bits per heavy atom. The molecule has 1 aromatic heterocycles. The van der Waals surface area contributed by atoms with Crippen molar-refractivity contribution >= 4 is 22.9 Å². The maximum Gasteiger partial charge on any atom is 0.124 e. The molecule has 1 saturated carbocycles. The van der Waals surface area contributed by atoms with E-state index in [1.54, 1.807) is 17.4 Å². The Morgan fingerprint density at radius 3 is 2.94 bits per heavy atom. The van der Waals surface area contributed by atoms with Crippen LogP contribution >= 0.6 is 22.9 Å². The van der Waals surface area contributed by atoms with Crippen LogP contribution in [0.1, 0.15) is 35.0 Å². The number of rotatable bonds is 3. The normalized spacial score (nSPS) is 15.2. The molecule has 17 heavy (non-hydrogen) atoms. The molecule has 0 unspecified atom stereocenters. The summed E-state index contributed by atoms with van der Waals surface area (Å²) in [5, 5.41) is 3.67. The Balaban J connectivity index is 1.80. The summed E-state index contributed by atoms with van der Waals surface area (Å²) in [5.74, 6) is 0.389. The molecule has 0 radical (unpaired) electrons. The SMILES string of the molecule is Fc1ccc(Cc2nc(C3CC3)cs2)c(Cl)c1. The molecular weight excluding hydrogens is 257 g/mol. The molecule has 0 spiro atoms.